The Hall–Kier alpha value is -0.730. The first kappa shape index (κ1) is 15.2. The molecule has 0 aromatic heterocycles. The van der Waals surface area contributed by atoms with E-state index in [9.17, 15) is 0 Å². The van der Waals surface area contributed by atoms with Crippen LogP contribution in [0.5, 0.6) is 5.75 Å². The molecule has 0 heterocycles. The maximum absolute atomic E-state index is 6.21. The van der Waals surface area contributed by atoms with Gasteiger partial charge < -0.3 is 10.1 Å². The Bertz CT molecular complexity index is 490. The summed E-state index contributed by atoms with van der Waals surface area (Å²) < 4.78 is 5.56. The summed E-state index contributed by atoms with van der Waals surface area (Å²) in [5.74, 6) is 3.79. The van der Waals surface area contributed by atoms with E-state index in [1.54, 1.807) is 7.11 Å². The van der Waals surface area contributed by atoms with E-state index in [1.165, 1.54) is 37.7 Å². The minimum atomic E-state index is 0.355. The molecule has 2 aliphatic carbocycles. The molecule has 1 N–H and O–H groups in total. The van der Waals surface area contributed by atoms with Gasteiger partial charge in [0.05, 0.1) is 7.11 Å². The topological polar surface area (TPSA) is 21.3 Å². The standard InChI is InChI=1S/C18H26ClNO/c1-3-20-17(10-14-9-12-4-5-13(14)8-12)16-11-15(19)6-7-18(16)21-2/h6-7,11-14,17,20H,3-5,8-10H2,1-2H3. The summed E-state index contributed by atoms with van der Waals surface area (Å²) in [7, 11) is 1.74. The molecule has 2 aliphatic rings. The number of methoxy groups -OCH3 is 1. The van der Waals surface area contributed by atoms with Gasteiger partial charge in [0.15, 0.2) is 0 Å². The van der Waals surface area contributed by atoms with E-state index < -0.39 is 0 Å². The van der Waals surface area contributed by atoms with Crippen molar-refractivity contribution in [2.24, 2.45) is 17.8 Å². The highest BCUT2D eigenvalue weighted by atomic mass is 35.5. The molecule has 0 amide bonds. The van der Waals surface area contributed by atoms with E-state index in [0.29, 0.717) is 6.04 Å². The Kier molecular flexibility index (Phi) is 4.75. The summed E-state index contributed by atoms with van der Waals surface area (Å²) in [5, 5.41) is 4.44. The number of rotatable bonds is 6. The van der Waals surface area contributed by atoms with Gasteiger partial charge in [0, 0.05) is 16.6 Å². The highest BCUT2D eigenvalue weighted by Gasteiger charge is 2.40. The van der Waals surface area contributed by atoms with Crippen molar-refractivity contribution < 1.29 is 4.74 Å². The van der Waals surface area contributed by atoms with Gasteiger partial charge in [-0.25, -0.2) is 0 Å². The maximum Gasteiger partial charge on any atom is 0.123 e. The fourth-order valence-corrected chi connectivity index (χ4v) is 4.69. The fraction of sp³-hybridized carbons (Fsp3) is 0.667. The third-order valence-corrected chi connectivity index (χ3v) is 5.68. The van der Waals surface area contributed by atoms with Gasteiger partial charge in [-0.3, -0.25) is 0 Å². The molecule has 3 heteroatoms. The van der Waals surface area contributed by atoms with Crippen LogP contribution >= 0.6 is 11.6 Å². The van der Waals surface area contributed by atoms with Crippen molar-refractivity contribution >= 4 is 11.6 Å². The summed E-state index contributed by atoms with van der Waals surface area (Å²) in [6.07, 6.45) is 7.02. The van der Waals surface area contributed by atoms with Crippen LogP contribution in [0.2, 0.25) is 5.02 Å². The first-order valence-electron chi connectivity index (χ1n) is 8.28. The lowest BCUT2D eigenvalue weighted by Gasteiger charge is -2.28. The molecular formula is C18H26ClNO. The highest BCUT2D eigenvalue weighted by molar-refractivity contribution is 6.30. The van der Waals surface area contributed by atoms with Crippen molar-refractivity contribution in [1.82, 2.24) is 5.32 Å². The van der Waals surface area contributed by atoms with Crippen molar-refractivity contribution in [2.75, 3.05) is 13.7 Å². The smallest absolute Gasteiger partial charge is 0.123 e. The third kappa shape index (κ3) is 3.22. The molecule has 4 unspecified atom stereocenters. The van der Waals surface area contributed by atoms with Crippen LogP contribution in [0.3, 0.4) is 0 Å². The van der Waals surface area contributed by atoms with E-state index >= 15 is 0 Å². The average Bonchev–Trinajstić information content (AvgIpc) is 3.09. The van der Waals surface area contributed by atoms with Crippen LogP contribution in [0.25, 0.3) is 0 Å². The number of hydrogen-bond donors (Lipinski definition) is 1. The van der Waals surface area contributed by atoms with Crippen LogP contribution in [-0.2, 0) is 0 Å². The van der Waals surface area contributed by atoms with Crippen molar-refractivity contribution in [3.63, 3.8) is 0 Å². The van der Waals surface area contributed by atoms with Crippen molar-refractivity contribution in [2.45, 2.75) is 45.1 Å². The van der Waals surface area contributed by atoms with Crippen LogP contribution in [0.15, 0.2) is 18.2 Å². The predicted molar refractivity (Wildman–Crippen MR) is 88.0 cm³/mol. The zero-order chi connectivity index (χ0) is 14.8. The molecule has 0 radical (unpaired) electrons. The number of halogens is 1. The van der Waals surface area contributed by atoms with Crippen LogP contribution < -0.4 is 10.1 Å². The summed E-state index contributed by atoms with van der Waals surface area (Å²) in [6.45, 7) is 3.14. The lowest BCUT2D eigenvalue weighted by Crippen LogP contribution is -2.26. The first-order valence-corrected chi connectivity index (χ1v) is 8.65. The molecule has 21 heavy (non-hydrogen) atoms. The SMILES string of the molecule is CCNC(CC1CC2CCC1C2)c1cc(Cl)ccc1OC. The highest BCUT2D eigenvalue weighted by Crippen LogP contribution is 2.51. The van der Waals surface area contributed by atoms with Crippen LogP contribution in [0.1, 0.15) is 50.6 Å². The van der Waals surface area contributed by atoms with E-state index in [2.05, 4.69) is 18.3 Å². The predicted octanol–water partition coefficient (Wildman–Crippen LogP) is 4.83. The number of hydrogen-bond acceptors (Lipinski definition) is 2. The molecule has 116 valence electrons. The zero-order valence-electron chi connectivity index (χ0n) is 13.1. The third-order valence-electron chi connectivity index (χ3n) is 5.44. The molecule has 0 aliphatic heterocycles. The molecule has 2 nitrogen and oxygen atoms in total. The van der Waals surface area contributed by atoms with Crippen LogP contribution in [0.4, 0.5) is 0 Å². The lowest BCUT2D eigenvalue weighted by molar-refractivity contribution is 0.277. The number of benzene rings is 1. The fourth-order valence-electron chi connectivity index (χ4n) is 4.51. The second kappa shape index (κ2) is 6.58. The van der Waals surface area contributed by atoms with Gasteiger partial charge in [0.25, 0.3) is 0 Å². The first-order chi connectivity index (χ1) is 10.2. The Balaban J connectivity index is 1.79. The second-order valence-corrected chi connectivity index (χ2v) is 7.10. The monoisotopic (exact) mass is 307 g/mol. The number of fused-ring (bicyclic) bond motifs is 2. The molecule has 2 saturated carbocycles. The molecule has 0 saturated heterocycles. The molecule has 2 bridgehead atoms. The van der Waals surface area contributed by atoms with E-state index in [0.717, 1.165) is 35.1 Å². The second-order valence-electron chi connectivity index (χ2n) is 6.67. The quantitative estimate of drug-likeness (QED) is 0.813. The van der Waals surface area contributed by atoms with Crippen molar-refractivity contribution in [3.8, 4) is 5.75 Å². The molecule has 1 aromatic carbocycles. The lowest BCUT2D eigenvalue weighted by atomic mass is 9.82. The Morgan fingerprint density at radius 2 is 2.19 bits per heavy atom. The Morgan fingerprint density at radius 1 is 1.33 bits per heavy atom. The van der Waals surface area contributed by atoms with Gasteiger partial charge in [-0.15, -0.1) is 0 Å². The van der Waals surface area contributed by atoms with Crippen molar-refractivity contribution in [1.29, 1.82) is 0 Å². The number of ether oxygens (including phenoxy) is 1. The molecule has 1 aromatic rings. The Labute approximate surface area is 133 Å². The molecule has 0 spiro atoms. The molecule has 3 rings (SSSR count). The van der Waals surface area contributed by atoms with Gasteiger partial charge in [-0.1, -0.05) is 24.9 Å². The van der Waals surface area contributed by atoms with Crippen molar-refractivity contribution in [3.05, 3.63) is 28.8 Å². The minimum Gasteiger partial charge on any atom is -0.496 e. The minimum absolute atomic E-state index is 0.355. The summed E-state index contributed by atoms with van der Waals surface area (Å²) in [4.78, 5) is 0. The van der Waals surface area contributed by atoms with Gasteiger partial charge >= 0.3 is 0 Å². The van der Waals surface area contributed by atoms with E-state index in [-0.39, 0.29) is 0 Å². The summed E-state index contributed by atoms with van der Waals surface area (Å²) in [5.41, 5.74) is 1.22. The Morgan fingerprint density at radius 3 is 2.81 bits per heavy atom. The van der Waals surface area contributed by atoms with Gasteiger partial charge in [0.2, 0.25) is 0 Å². The van der Waals surface area contributed by atoms with Crippen LogP contribution in [0, 0.1) is 17.8 Å². The van der Waals surface area contributed by atoms with Gasteiger partial charge in [0.1, 0.15) is 5.75 Å². The number of nitrogens with one attached hydrogen (secondary N) is 1. The average molecular weight is 308 g/mol. The summed E-state index contributed by atoms with van der Waals surface area (Å²) >= 11 is 6.21. The maximum atomic E-state index is 6.21. The van der Waals surface area contributed by atoms with E-state index in [4.69, 9.17) is 16.3 Å². The molecular weight excluding hydrogens is 282 g/mol. The van der Waals surface area contributed by atoms with Crippen LogP contribution in [-0.4, -0.2) is 13.7 Å². The largest absolute Gasteiger partial charge is 0.496 e. The molecule has 4 atom stereocenters. The van der Waals surface area contributed by atoms with Gasteiger partial charge in [-0.2, -0.15) is 0 Å². The summed E-state index contributed by atoms with van der Waals surface area (Å²) in [6, 6.07) is 6.32. The molecule has 2 fully saturated rings. The zero-order valence-corrected chi connectivity index (χ0v) is 13.8. The normalized spacial score (nSPS) is 28.8. The van der Waals surface area contributed by atoms with Gasteiger partial charge in [-0.05, 0) is 68.2 Å². The van der Waals surface area contributed by atoms with E-state index in [1.807, 2.05) is 12.1 Å².